The second-order valence-corrected chi connectivity index (χ2v) is 12.4. The molecule has 4 saturated carbocycles. The quantitative estimate of drug-likeness (QED) is 0.348. The summed E-state index contributed by atoms with van der Waals surface area (Å²) in [6.45, 7) is 0. The summed E-state index contributed by atoms with van der Waals surface area (Å²) in [6, 6.07) is 0. The van der Waals surface area contributed by atoms with Gasteiger partial charge < -0.3 is 0 Å². The van der Waals surface area contributed by atoms with Crippen LogP contribution in [0.4, 0.5) is 0 Å². The van der Waals surface area contributed by atoms with Crippen LogP contribution in [0.25, 0.3) is 0 Å². The van der Waals surface area contributed by atoms with E-state index in [0.717, 1.165) is 23.7 Å². The third-order valence-electron chi connectivity index (χ3n) is 9.90. The Morgan fingerprint density at radius 1 is 0.219 bits per heavy atom. The molecule has 0 heteroatoms. The van der Waals surface area contributed by atoms with Gasteiger partial charge in [0.15, 0.2) is 0 Å². The zero-order chi connectivity index (χ0) is 22.1. The van der Waals surface area contributed by atoms with Gasteiger partial charge in [-0.1, -0.05) is 161 Å². The molecule has 2 bridgehead atoms. The molecular weight excluding hydrogens is 384 g/mol. The first-order chi connectivity index (χ1) is 15.9. The molecule has 0 nitrogen and oxygen atoms in total. The highest BCUT2D eigenvalue weighted by Crippen LogP contribution is 2.43. The van der Waals surface area contributed by atoms with Gasteiger partial charge in [-0.05, 0) is 42.9 Å². The van der Waals surface area contributed by atoms with Crippen molar-refractivity contribution in [3.63, 3.8) is 0 Å². The monoisotopic (exact) mass is 444 g/mol. The van der Waals surface area contributed by atoms with Crippen molar-refractivity contribution in [3.05, 3.63) is 0 Å². The molecule has 0 aromatic heterocycles. The Kier molecular flexibility index (Phi) is 14.5. The summed E-state index contributed by atoms with van der Waals surface area (Å²) in [7, 11) is 0. The standard InChI is InChI=1S/C32H60/c1-2-4-6-12-16-20-24-32-30(22-18-14-10-5-3-1)23-19-15-11-8-7-9-13-17-21-29-25-27-31(32)28-26-29/h29-32H,1-28H2. The van der Waals surface area contributed by atoms with Gasteiger partial charge in [0.2, 0.25) is 0 Å². The summed E-state index contributed by atoms with van der Waals surface area (Å²) >= 11 is 0. The van der Waals surface area contributed by atoms with E-state index in [9.17, 15) is 0 Å². The highest BCUT2D eigenvalue weighted by molar-refractivity contribution is 4.83. The minimum Gasteiger partial charge on any atom is -0.0533 e. The average Bonchev–Trinajstić information content (AvgIpc) is 2.81. The Hall–Kier alpha value is 0. The number of hydrogen-bond donors (Lipinski definition) is 0. The molecule has 0 aliphatic heterocycles. The van der Waals surface area contributed by atoms with E-state index >= 15 is 0 Å². The molecule has 0 saturated heterocycles. The van der Waals surface area contributed by atoms with E-state index < -0.39 is 0 Å². The first kappa shape index (κ1) is 26.6. The van der Waals surface area contributed by atoms with Crippen LogP contribution in [0, 0.1) is 23.7 Å². The van der Waals surface area contributed by atoms with Crippen LogP contribution in [0.2, 0.25) is 0 Å². The molecule has 2 atom stereocenters. The van der Waals surface area contributed by atoms with Gasteiger partial charge in [0.05, 0.1) is 0 Å². The van der Waals surface area contributed by atoms with Crippen molar-refractivity contribution < 1.29 is 0 Å². The van der Waals surface area contributed by atoms with E-state index in [2.05, 4.69) is 0 Å². The maximum absolute atomic E-state index is 1.59. The Morgan fingerprint density at radius 2 is 0.531 bits per heavy atom. The van der Waals surface area contributed by atoms with Crippen molar-refractivity contribution in [2.24, 2.45) is 23.7 Å². The largest absolute Gasteiger partial charge is 0.0533 e. The molecule has 188 valence electrons. The van der Waals surface area contributed by atoms with Gasteiger partial charge in [-0.2, -0.15) is 0 Å². The molecule has 4 rings (SSSR count). The van der Waals surface area contributed by atoms with Gasteiger partial charge in [-0.3, -0.25) is 0 Å². The lowest BCUT2D eigenvalue weighted by molar-refractivity contribution is 0.121. The van der Waals surface area contributed by atoms with Crippen LogP contribution in [-0.2, 0) is 0 Å². The summed E-state index contributed by atoms with van der Waals surface area (Å²) in [5, 5.41) is 0. The zero-order valence-electron chi connectivity index (χ0n) is 22.1. The fourth-order valence-corrected chi connectivity index (χ4v) is 7.79. The molecule has 0 aromatic carbocycles. The van der Waals surface area contributed by atoms with Gasteiger partial charge in [0.1, 0.15) is 0 Å². The maximum atomic E-state index is 1.59. The number of hydrogen-bond acceptors (Lipinski definition) is 0. The molecule has 32 heavy (non-hydrogen) atoms. The van der Waals surface area contributed by atoms with Crippen molar-refractivity contribution in [1.82, 2.24) is 0 Å². The predicted octanol–water partition coefficient (Wildman–Crippen LogP) is 11.4. The zero-order valence-corrected chi connectivity index (χ0v) is 22.1. The van der Waals surface area contributed by atoms with Crippen LogP contribution in [0.1, 0.15) is 180 Å². The van der Waals surface area contributed by atoms with Crippen molar-refractivity contribution in [3.8, 4) is 0 Å². The Morgan fingerprint density at radius 3 is 0.969 bits per heavy atom. The topological polar surface area (TPSA) is 0 Å². The molecule has 0 N–H and O–H groups in total. The SMILES string of the molecule is C1CCCCCCCC2C(CCCCCC1)CCCCCCCCCCC1CCC2CC1. The molecule has 0 aromatic rings. The highest BCUT2D eigenvalue weighted by atomic mass is 14.4. The minimum atomic E-state index is 1.07. The summed E-state index contributed by atoms with van der Waals surface area (Å²) in [5.74, 6) is 4.32. The van der Waals surface area contributed by atoms with Gasteiger partial charge in [-0.25, -0.2) is 0 Å². The predicted molar refractivity (Wildman–Crippen MR) is 143 cm³/mol. The normalized spacial score (nSPS) is 34.5. The van der Waals surface area contributed by atoms with Crippen molar-refractivity contribution in [1.29, 1.82) is 0 Å². The highest BCUT2D eigenvalue weighted by Gasteiger charge is 2.32. The van der Waals surface area contributed by atoms with Crippen molar-refractivity contribution in [2.75, 3.05) is 0 Å². The van der Waals surface area contributed by atoms with Crippen LogP contribution < -0.4 is 0 Å². The second-order valence-electron chi connectivity index (χ2n) is 12.4. The summed E-state index contributed by atoms with van der Waals surface area (Å²) in [6.07, 6.45) is 43.0. The van der Waals surface area contributed by atoms with E-state index in [1.165, 1.54) is 122 Å². The second kappa shape index (κ2) is 17.4. The molecule has 4 aliphatic carbocycles. The fraction of sp³-hybridized carbons (Fsp3) is 1.00. The summed E-state index contributed by atoms with van der Waals surface area (Å²) < 4.78 is 0. The molecule has 4 fully saturated rings. The number of fused-ring (bicyclic) bond motifs is 11. The van der Waals surface area contributed by atoms with E-state index in [1.54, 1.807) is 57.8 Å². The van der Waals surface area contributed by atoms with Crippen LogP contribution in [-0.4, -0.2) is 0 Å². The summed E-state index contributed by atoms with van der Waals surface area (Å²) in [5.41, 5.74) is 0. The number of rotatable bonds is 0. The van der Waals surface area contributed by atoms with Crippen LogP contribution in [0.15, 0.2) is 0 Å². The van der Waals surface area contributed by atoms with Gasteiger partial charge >= 0.3 is 0 Å². The first-order valence-corrected chi connectivity index (χ1v) is 15.9. The third-order valence-corrected chi connectivity index (χ3v) is 9.90. The lowest BCUT2D eigenvalue weighted by Crippen LogP contribution is -2.28. The minimum absolute atomic E-state index is 1.07. The lowest BCUT2D eigenvalue weighted by Gasteiger charge is -2.39. The molecule has 0 amide bonds. The molecule has 0 heterocycles. The van der Waals surface area contributed by atoms with Crippen molar-refractivity contribution in [2.45, 2.75) is 180 Å². The average molecular weight is 445 g/mol. The smallest absolute Gasteiger partial charge is 0.0357 e. The summed E-state index contributed by atoms with van der Waals surface area (Å²) in [4.78, 5) is 0. The van der Waals surface area contributed by atoms with Gasteiger partial charge in [0.25, 0.3) is 0 Å². The molecule has 2 unspecified atom stereocenters. The van der Waals surface area contributed by atoms with Gasteiger partial charge in [-0.15, -0.1) is 0 Å². The van der Waals surface area contributed by atoms with E-state index in [0.29, 0.717) is 0 Å². The Labute approximate surface area is 203 Å². The lowest BCUT2D eigenvalue weighted by atomic mass is 9.67. The third kappa shape index (κ3) is 11.0. The van der Waals surface area contributed by atoms with Gasteiger partial charge in [0, 0.05) is 0 Å². The molecule has 4 aliphatic rings. The first-order valence-electron chi connectivity index (χ1n) is 15.9. The van der Waals surface area contributed by atoms with E-state index in [1.807, 2.05) is 0 Å². The van der Waals surface area contributed by atoms with Crippen molar-refractivity contribution >= 4 is 0 Å². The fourth-order valence-electron chi connectivity index (χ4n) is 7.79. The Bertz CT molecular complexity index is 410. The molecular formula is C32H60. The van der Waals surface area contributed by atoms with E-state index in [-0.39, 0.29) is 0 Å². The molecule has 0 spiro atoms. The van der Waals surface area contributed by atoms with E-state index in [4.69, 9.17) is 0 Å². The van der Waals surface area contributed by atoms with Crippen LogP contribution in [0.3, 0.4) is 0 Å². The van der Waals surface area contributed by atoms with Crippen LogP contribution in [0.5, 0.6) is 0 Å². The Balaban J connectivity index is 1.60. The van der Waals surface area contributed by atoms with Crippen LogP contribution >= 0.6 is 0 Å². The maximum Gasteiger partial charge on any atom is -0.0357 e. The molecule has 0 radical (unpaired) electrons.